The Kier molecular flexibility index (Phi) is 6.87. The maximum atomic E-state index is 12.9. The van der Waals surface area contributed by atoms with E-state index in [1.165, 1.54) is 50.5 Å². The van der Waals surface area contributed by atoms with Crippen molar-refractivity contribution in [1.82, 2.24) is 4.31 Å². The molecule has 0 atom stereocenters. The molecule has 28 heavy (non-hydrogen) atoms. The van der Waals surface area contributed by atoms with Gasteiger partial charge in [-0.15, -0.1) is 0 Å². The fraction of sp³-hybridized carbons (Fsp3) is 0.263. The van der Waals surface area contributed by atoms with E-state index >= 15 is 0 Å². The number of ether oxygens (including phenoxy) is 1. The molecule has 7 nitrogen and oxygen atoms in total. The zero-order valence-corrected chi connectivity index (χ0v) is 16.5. The third kappa shape index (κ3) is 5.61. The Bertz CT molecular complexity index is 972. The summed E-state index contributed by atoms with van der Waals surface area (Å²) in [5.74, 6) is -1.65. The van der Waals surface area contributed by atoms with E-state index in [1.807, 2.05) is 0 Å². The molecule has 0 saturated heterocycles. The minimum atomic E-state index is -3.65. The van der Waals surface area contributed by atoms with Gasteiger partial charge < -0.3 is 10.1 Å². The lowest BCUT2D eigenvalue weighted by Crippen LogP contribution is -2.24. The van der Waals surface area contributed by atoms with Crippen molar-refractivity contribution in [3.05, 3.63) is 59.4 Å². The van der Waals surface area contributed by atoms with Crippen molar-refractivity contribution in [2.45, 2.75) is 18.2 Å². The minimum Gasteiger partial charge on any atom is -0.455 e. The molecule has 0 aliphatic carbocycles. The molecular weight excluding hydrogens is 387 g/mol. The third-order valence-corrected chi connectivity index (χ3v) is 5.70. The van der Waals surface area contributed by atoms with Gasteiger partial charge in [-0.1, -0.05) is 18.2 Å². The van der Waals surface area contributed by atoms with Gasteiger partial charge in [0.2, 0.25) is 10.0 Å². The molecule has 2 aromatic rings. The fourth-order valence-corrected chi connectivity index (χ4v) is 3.19. The number of rotatable bonds is 7. The average Bonchev–Trinajstić information content (AvgIpc) is 2.63. The number of hydrogen-bond donors (Lipinski definition) is 1. The summed E-state index contributed by atoms with van der Waals surface area (Å²) in [4.78, 5) is 23.9. The van der Waals surface area contributed by atoms with Crippen LogP contribution >= 0.6 is 0 Å². The first-order valence-corrected chi connectivity index (χ1v) is 9.76. The second-order valence-corrected chi connectivity index (χ2v) is 8.43. The number of carbonyl (C=O) groups excluding carboxylic acids is 2. The number of carbonyl (C=O) groups is 2. The summed E-state index contributed by atoms with van der Waals surface area (Å²) >= 11 is 0. The molecule has 0 aliphatic heterocycles. The van der Waals surface area contributed by atoms with E-state index in [9.17, 15) is 22.4 Å². The summed E-state index contributed by atoms with van der Waals surface area (Å²) in [6.45, 7) is 1.19. The number of esters is 1. The van der Waals surface area contributed by atoms with E-state index in [-0.39, 0.29) is 11.3 Å². The summed E-state index contributed by atoms with van der Waals surface area (Å²) in [6, 6.07) is 9.74. The topological polar surface area (TPSA) is 92.8 Å². The van der Waals surface area contributed by atoms with Crippen LogP contribution in [0.5, 0.6) is 0 Å². The molecule has 1 N–H and O–H groups in total. The van der Waals surface area contributed by atoms with E-state index in [1.54, 1.807) is 13.0 Å². The van der Waals surface area contributed by atoms with E-state index in [2.05, 4.69) is 5.32 Å². The van der Waals surface area contributed by atoms with Crippen LogP contribution in [-0.2, 0) is 30.8 Å². The number of hydrogen-bond acceptors (Lipinski definition) is 5. The van der Waals surface area contributed by atoms with Crippen LogP contribution in [0.3, 0.4) is 0 Å². The Hall–Kier alpha value is -2.78. The summed E-state index contributed by atoms with van der Waals surface area (Å²) in [7, 11) is -0.824. The van der Waals surface area contributed by atoms with Gasteiger partial charge in [0, 0.05) is 19.8 Å². The molecular formula is C19H21FN2O5S. The van der Waals surface area contributed by atoms with Crippen LogP contribution in [0.2, 0.25) is 0 Å². The Morgan fingerprint density at radius 3 is 2.36 bits per heavy atom. The molecule has 2 rings (SSSR count). The van der Waals surface area contributed by atoms with E-state index in [4.69, 9.17) is 4.74 Å². The molecule has 0 bridgehead atoms. The van der Waals surface area contributed by atoms with Crippen LogP contribution < -0.4 is 5.32 Å². The van der Waals surface area contributed by atoms with Crippen molar-refractivity contribution in [1.29, 1.82) is 0 Å². The Balaban J connectivity index is 1.97. The lowest BCUT2D eigenvalue weighted by atomic mass is 10.1. The van der Waals surface area contributed by atoms with Gasteiger partial charge in [0.1, 0.15) is 5.82 Å². The standard InChI is InChI=1S/C19H21FN2O5S/c1-13-4-9-16(28(25,26)22(2)3)11-17(13)21-18(23)12-27-19(24)10-14-5-7-15(20)8-6-14/h4-9,11H,10,12H2,1-3H3,(H,21,23). The summed E-state index contributed by atoms with van der Waals surface area (Å²) in [5.41, 5.74) is 1.52. The van der Waals surface area contributed by atoms with E-state index in [0.29, 0.717) is 16.8 Å². The Labute approximate surface area is 163 Å². The van der Waals surface area contributed by atoms with Gasteiger partial charge in [0.25, 0.3) is 5.91 Å². The second-order valence-electron chi connectivity index (χ2n) is 6.28. The zero-order chi connectivity index (χ0) is 20.9. The second kappa shape index (κ2) is 8.94. The minimum absolute atomic E-state index is 0.0340. The van der Waals surface area contributed by atoms with Gasteiger partial charge in [-0.05, 0) is 42.3 Å². The largest absolute Gasteiger partial charge is 0.455 e. The zero-order valence-electron chi connectivity index (χ0n) is 15.7. The van der Waals surface area contributed by atoms with Gasteiger partial charge in [-0.3, -0.25) is 9.59 Å². The number of sulfonamides is 1. The smallest absolute Gasteiger partial charge is 0.310 e. The van der Waals surface area contributed by atoms with Gasteiger partial charge in [-0.25, -0.2) is 17.1 Å². The number of nitrogens with one attached hydrogen (secondary N) is 1. The number of anilines is 1. The predicted octanol–water partition coefficient (Wildman–Crippen LogP) is 2.11. The summed E-state index contributed by atoms with van der Waals surface area (Å²) in [6.07, 6.45) is -0.0941. The lowest BCUT2D eigenvalue weighted by Gasteiger charge is -2.14. The van der Waals surface area contributed by atoms with E-state index in [0.717, 1.165) is 4.31 Å². The highest BCUT2D eigenvalue weighted by Gasteiger charge is 2.19. The average molecular weight is 408 g/mol. The van der Waals surface area contributed by atoms with Crippen LogP contribution in [0.4, 0.5) is 10.1 Å². The van der Waals surface area contributed by atoms with Crippen molar-refractivity contribution in [3.8, 4) is 0 Å². The third-order valence-electron chi connectivity index (χ3n) is 3.89. The normalized spacial score (nSPS) is 11.3. The molecule has 0 aliphatic rings. The molecule has 0 radical (unpaired) electrons. The number of halogens is 1. The van der Waals surface area contributed by atoms with Gasteiger partial charge >= 0.3 is 5.97 Å². The highest BCUT2D eigenvalue weighted by Crippen LogP contribution is 2.22. The highest BCUT2D eigenvalue weighted by atomic mass is 32.2. The van der Waals surface area contributed by atoms with Crippen LogP contribution in [-0.4, -0.2) is 45.3 Å². The first kappa shape index (κ1) is 21.5. The van der Waals surface area contributed by atoms with E-state index < -0.39 is 34.3 Å². The molecule has 0 heterocycles. The van der Waals surface area contributed by atoms with Crippen LogP contribution in [0.15, 0.2) is 47.4 Å². The lowest BCUT2D eigenvalue weighted by molar-refractivity contribution is -0.146. The molecule has 0 spiro atoms. The molecule has 2 aromatic carbocycles. The van der Waals surface area contributed by atoms with Gasteiger partial charge in [-0.2, -0.15) is 0 Å². The van der Waals surface area contributed by atoms with Crippen molar-refractivity contribution in [3.63, 3.8) is 0 Å². The van der Waals surface area contributed by atoms with Crippen molar-refractivity contribution in [2.75, 3.05) is 26.0 Å². The number of benzene rings is 2. The highest BCUT2D eigenvalue weighted by molar-refractivity contribution is 7.89. The van der Waals surface area contributed by atoms with Crippen LogP contribution in [0.25, 0.3) is 0 Å². The first-order chi connectivity index (χ1) is 13.1. The quantitative estimate of drug-likeness (QED) is 0.709. The summed E-state index contributed by atoms with van der Waals surface area (Å²) in [5, 5.41) is 2.54. The first-order valence-electron chi connectivity index (χ1n) is 8.32. The molecule has 0 unspecified atom stereocenters. The monoisotopic (exact) mass is 408 g/mol. The molecule has 9 heteroatoms. The SMILES string of the molecule is Cc1ccc(S(=O)(=O)N(C)C)cc1NC(=O)COC(=O)Cc1ccc(F)cc1. The Morgan fingerprint density at radius 2 is 1.75 bits per heavy atom. The maximum absolute atomic E-state index is 12.9. The molecule has 0 saturated carbocycles. The number of aryl methyl sites for hydroxylation is 1. The van der Waals surface area contributed by atoms with Crippen molar-refractivity contribution >= 4 is 27.6 Å². The summed E-state index contributed by atoms with van der Waals surface area (Å²) < 4.78 is 43.3. The Morgan fingerprint density at radius 1 is 1.11 bits per heavy atom. The van der Waals surface area contributed by atoms with Crippen LogP contribution in [0.1, 0.15) is 11.1 Å². The molecule has 1 amide bonds. The van der Waals surface area contributed by atoms with Crippen molar-refractivity contribution in [2.24, 2.45) is 0 Å². The number of nitrogens with zero attached hydrogens (tertiary/aromatic N) is 1. The van der Waals surface area contributed by atoms with Crippen LogP contribution in [0, 0.1) is 12.7 Å². The van der Waals surface area contributed by atoms with Crippen molar-refractivity contribution < 1.29 is 27.1 Å². The molecule has 0 fully saturated rings. The fourth-order valence-electron chi connectivity index (χ4n) is 2.26. The van der Waals surface area contributed by atoms with Gasteiger partial charge in [0.05, 0.1) is 11.3 Å². The maximum Gasteiger partial charge on any atom is 0.310 e. The predicted molar refractivity (Wildman–Crippen MR) is 102 cm³/mol. The number of amides is 1. The van der Waals surface area contributed by atoms with Gasteiger partial charge in [0.15, 0.2) is 6.61 Å². The molecule has 0 aromatic heterocycles. The molecule has 150 valence electrons.